The molecule has 0 aliphatic rings. The highest BCUT2D eigenvalue weighted by Gasteiger charge is 2.17. The quantitative estimate of drug-likeness (QED) is 0.453. The van der Waals surface area contributed by atoms with Crippen molar-refractivity contribution >= 4 is 22.5 Å². The van der Waals surface area contributed by atoms with Crippen LogP contribution in [-0.2, 0) is 17.9 Å². The lowest BCUT2D eigenvalue weighted by molar-refractivity contribution is -0.121. The zero-order valence-electron chi connectivity index (χ0n) is 17.8. The van der Waals surface area contributed by atoms with Gasteiger partial charge in [-0.1, -0.05) is 54.1 Å². The van der Waals surface area contributed by atoms with Gasteiger partial charge in [0.25, 0.3) is 0 Å². The maximum Gasteiger partial charge on any atom is 0.351 e. The number of amides is 1. The van der Waals surface area contributed by atoms with Crippen molar-refractivity contribution < 1.29 is 9.18 Å². The zero-order chi connectivity index (χ0) is 22.9. The van der Waals surface area contributed by atoms with Crippen molar-refractivity contribution in [2.75, 3.05) is 0 Å². The highest BCUT2D eigenvalue weighted by molar-refractivity contribution is 5.92. The summed E-state index contributed by atoms with van der Waals surface area (Å²) in [4.78, 5) is 30.6. The van der Waals surface area contributed by atoms with Crippen LogP contribution in [0.1, 0.15) is 11.1 Å². The minimum absolute atomic E-state index is 0.184. The number of aryl methyl sites for hydroxylation is 1. The van der Waals surface area contributed by atoms with Crippen LogP contribution in [0.25, 0.3) is 27.9 Å². The number of carbonyl (C=O) groups is 1. The van der Waals surface area contributed by atoms with Gasteiger partial charge in [0.1, 0.15) is 12.4 Å². The maximum absolute atomic E-state index is 13.3. The van der Waals surface area contributed by atoms with Gasteiger partial charge in [-0.3, -0.25) is 9.36 Å². The predicted molar refractivity (Wildman–Crippen MR) is 123 cm³/mol. The Labute approximate surface area is 188 Å². The summed E-state index contributed by atoms with van der Waals surface area (Å²) < 4.78 is 15.7. The number of fused-ring (bicyclic) bond motifs is 3. The van der Waals surface area contributed by atoms with E-state index in [2.05, 4.69) is 15.4 Å². The second kappa shape index (κ2) is 8.31. The summed E-state index contributed by atoms with van der Waals surface area (Å²) in [6.45, 7) is 2.04. The van der Waals surface area contributed by atoms with Gasteiger partial charge in [-0.25, -0.2) is 14.2 Å². The van der Waals surface area contributed by atoms with Crippen molar-refractivity contribution in [1.82, 2.24) is 24.5 Å². The first kappa shape index (κ1) is 20.6. The standard InChI is InChI=1S/C25H20FN5O2/c1-16-6-10-18(11-7-16)23-28-24-20-4-2-3-5-21(20)30(25(33)31(24)29-23)15-22(32)27-14-17-8-12-19(26)13-9-17/h2-13H,14-15H2,1H3,(H,27,32). The highest BCUT2D eigenvalue weighted by atomic mass is 19.1. The number of benzene rings is 3. The predicted octanol–water partition coefficient (Wildman–Crippen LogP) is 3.48. The molecule has 5 aromatic rings. The van der Waals surface area contributed by atoms with Crippen molar-refractivity contribution in [1.29, 1.82) is 0 Å². The van der Waals surface area contributed by atoms with Crippen molar-refractivity contribution in [3.63, 3.8) is 0 Å². The van der Waals surface area contributed by atoms with E-state index in [1.54, 1.807) is 18.2 Å². The number of hydrogen-bond donors (Lipinski definition) is 1. The molecule has 33 heavy (non-hydrogen) atoms. The van der Waals surface area contributed by atoms with Crippen LogP contribution in [0.2, 0.25) is 0 Å². The average molecular weight is 441 g/mol. The SMILES string of the molecule is Cc1ccc(-c2nc3c4ccccc4n(CC(=O)NCc4ccc(F)cc4)c(=O)n3n2)cc1. The van der Waals surface area contributed by atoms with Gasteiger partial charge >= 0.3 is 5.69 Å². The lowest BCUT2D eigenvalue weighted by atomic mass is 10.1. The monoisotopic (exact) mass is 441 g/mol. The van der Waals surface area contributed by atoms with Crippen LogP contribution in [0.5, 0.6) is 0 Å². The Morgan fingerprint density at radius 1 is 1.00 bits per heavy atom. The van der Waals surface area contributed by atoms with Crippen molar-refractivity contribution in [2.24, 2.45) is 0 Å². The molecule has 164 valence electrons. The number of nitrogens with one attached hydrogen (secondary N) is 1. The third kappa shape index (κ3) is 3.98. The molecule has 8 heteroatoms. The summed E-state index contributed by atoms with van der Waals surface area (Å²) in [5.41, 5.74) is 3.25. The molecule has 0 fully saturated rings. The summed E-state index contributed by atoms with van der Waals surface area (Å²) in [6, 6.07) is 20.9. The molecule has 0 radical (unpaired) electrons. The van der Waals surface area contributed by atoms with Crippen LogP contribution in [0.4, 0.5) is 4.39 Å². The molecule has 0 saturated heterocycles. The molecule has 2 aromatic heterocycles. The van der Waals surface area contributed by atoms with Gasteiger partial charge in [-0.2, -0.15) is 4.52 Å². The summed E-state index contributed by atoms with van der Waals surface area (Å²) in [5, 5.41) is 7.93. The fourth-order valence-corrected chi connectivity index (χ4v) is 3.72. The minimum atomic E-state index is -0.452. The van der Waals surface area contributed by atoms with E-state index in [0.29, 0.717) is 22.4 Å². The molecule has 2 heterocycles. The van der Waals surface area contributed by atoms with Crippen LogP contribution < -0.4 is 11.0 Å². The first-order chi connectivity index (χ1) is 16.0. The van der Waals surface area contributed by atoms with Gasteiger partial charge in [0.15, 0.2) is 11.5 Å². The topological polar surface area (TPSA) is 81.3 Å². The van der Waals surface area contributed by atoms with E-state index in [0.717, 1.165) is 16.7 Å². The first-order valence-electron chi connectivity index (χ1n) is 10.5. The van der Waals surface area contributed by atoms with Crippen LogP contribution in [-0.4, -0.2) is 25.1 Å². The van der Waals surface area contributed by atoms with E-state index in [4.69, 9.17) is 0 Å². The second-order valence-electron chi connectivity index (χ2n) is 7.83. The fraction of sp³-hybridized carbons (Fsp3) is 0.120. The Hall–Kier alpha value is -4.33. The second-order valence-corrected chi connectivity index (χ2v) is 7.83. The largest absolute Gasteiger partial charge is 0.351 e. The normalized spacial score (nSPS) is 11.2. The van der Waals surface area contributed by atoms with E-state index in [1.807, 2.05) is 49.4 Å². The molecule has 7 nitrogen and oxygen atoms in total. The van der Waals surface area contributed by atoms with E-state index in [-0.39, 0.29) is 24.8 Å². The Kier molecular flexibility index (Phi) is 5.18. The summed E-state index contributed by atoms with van der Waals surface area (Å²) in [6.07, 6.45) is 0. The van der Waals surface area contributed by atoms with Crippen LogP contribution in [0.15, 0.2) is 77.6 Å². The molecule has 5 rings (SSSR count). The first-order valence-corrected chi connectivity index (χ1v) is 10.5. The molecule has 0 bridgehead atoms. The number of para-hydroxylation sites is 1. The molecule has 3 aromatic carbocycles. The van der Waals surface area contributed by atoms with Gasteiger partial charge in [0.05, 0.1) is 5.52 Å². The molecule has 1 N–H and O–H groups in total. The van der Waals surface area contributed by atoms with E-state index in [1.165, 1.54) is 21.2 Å². The average Bonchev–Trinajstić information content (AvgIpc) is 3.28. The lowest BCUT2D eigenvalue weighted by Gasteiger charge is -2.11. The zero-order valence-corrected chi connectivity index (χ0v) is 17.8. The van der Waals surface area contributed by atoms with E-state index < -0.39 is 5.69 Å². The Bertz CT molecular complexity index is 1540. The molecule has 0 aliphatic heterocycles. The summed E-state index contributed by atoms with van der Waals surface area (Å²) >= 11 is 0. The minimum Gasteiger partial charge on any atom is -0.350 e. The summed E-state index contributed by atoms with van der Waals surface area (Å²) in [7, 11) is 0. The summed E-state index contributed by atoms with van der Waals surface area (Å²) in [5.74, 6) is -0.241. The fourth-order valence-electron chi connectivity index (χ4n) is 3.72. The number of nitrogens with zero attached hydrogens (tertiary/aromatic N) is 4. The van der Waals surface area contributed by atoms with Crippen molar-refractivity contribution in [3.8, 4) is 11.4 Å². The molecular formula is C25H20FN5O2. The maximum atomic E-state index is 13.3. The highest BCUT2D eigenvalue weighted by Crippen LogP contribution is 2.21. The van der Waals surface area contributed by atoms with Gasteiger partial charge in [-0.15, -0.1) is 5.10 Å². The van der Waals surface area contributed by atoms with Gasteiger partial charge in [0.2, 0.25) is 5.91 Å². The molecule has 1 amide bonds. The number of halogens is 1. The molecule has 0 atom stereocenters. The van der Waals surface area contributed by atoms with Gasteiger partial charge in [0, 0.05) is 17.5 Å². The Morgan fingerprint density at radius 2 is 1.73 bits per heavy atom. The Balaban J connectivity index is 1.51. The Morgan fingerprint density at radius 3 is 2.48 bits per heavy atom. The van der Waals surface area contributed by atoms with Crippen molar-refractivity contribution in [3.05, 3.63) is 100 Å². The van der Waals surface area contributed by atoms with Crippen LogP contribution in [0, 0.1) is 12.7 Å². The molecule has 0 saturated carbocycles. The number of carbonyl (C=O) groups excluding carboxylic acids is 1. The third-order valence-electron chi connectivity index (χ3n) is 5.47. The van der Waals surface area contributed by atoms with E-state index in [9.17, 15) is 14.0 Å². The number of rotatable bonds is 5. The van der Waals surface area contributed by atoms with E-state index >= 15 is 0 Å². The van der Waals surface area contributed by atoms with Crippen molar-refractivity contribution in [2.45, 2.75) is 20.0 Å². The molecule has 0 unspecified atom stereocenters. The van der Waals surface area contributed by atoms with Gasteiger partial charge in [-0.05, 0) is 36.8 Å². The third-order valence-corrected chi connectivity index (χ3v) is 5.47. The molecule has 0 aliphatic carbocycles. The molecular weight excluding hydrogens is 421 g/mol. The van der Waals surface area contributed by atoms with Crippen LogP contribution >= 0.6 is 0 Å². The molecule has 0 spiro atoms. The van der Waals surface area contributed by atoms with Crippen LogP contribution in [0.3, 0.4) is 0 Å². The number of hydrogen-bond acceptors (Lipinski definition) is 4. The lowest BCUT2D eigenvalue weighted by Crippen LogP contribution is -2.35. The number of aromatic nitrogens is 4. The van der Waals surface area contributed by atoms with Gasteiger partial charge < -0.3 is 5.32 Å². The smallest absolute Gasteiger partial charge is 0.350 e.